The van der Waals surface area contributed by atoms with Gasteiger partial charge in [-0.05, 0) is 19.9 Å². The number of aromatic nitrogens is 3. The van der Waals surface area contributed by atoms with E-state index < -0.39 is 0 Å². The highest BCUT2D eigenvalue weighted by Gasteiger charge is 2.17. The zero-order valence-electron chi connectivity index (χ0n) is 11.8. The number of pyridine rings is 1. The molecular weight excluding hydrogens is 290 g/mol. The monoisotopic (exact) mass is 303 g/mol. The van der Waals surface area contributed by atoms with Gasteiger partial charge in [-0.3, -0.25) is 4.79 Å². The molecule has 2 aromatic heterocycles. The maximum Gasteiger partial charge on any atom is 0.327 e. The summed E-state index contributed by atoms with van der Waals surface area (Å²) in [6.07, 6.45) is 0. The molecule has 1 aromatic carbocycles. The fraction of sp³-hybridized carbons (Fsp3) is 0.267. The topological polar surface area (TPSA) is 57.0 Å². The van der Waals surface area contributed by atoms with Gasteiger partial charge in [0, 0.05) is 5.39 Å². The number of hydrogen-bond acceptors (Lipinski definition) is 4. The number of carbonyl (C=O) groups is 1. The van der Waals surface area contributed by atoms with E-state index in [9.17, 15) is 4.79 Å². The zero-order valence-corrected chi connectivity index (χ0v) is 12.5. The van der Waals surface area contributed by atoms with Crippen molar-refractivity contribution < 1.29 is 9.53 Å². The highest BCUT2D eigenvalue weighted by molar-refractivity contribution is 6.40. The van der Waals surface area contributed by atoms with Gasteiger partial charge >= 0.3 is 5.97 Å². The third kappa shape index (κ3) is 2.34. The molecule has 0 aliphatic heterocycles. The van der Waals surface area contributed by atoms with Gasteiger partial charge in [-0.25, -0.2) is 9.67 Å². The molecule has 3 rings (SSSR count). The minimum atomic E-state index is -0.340. The summed E-state index contributed by atoms with van der Waals surface area (Å²) in [4.78, 5) is 16.3. The van der Waals surface area contributed by atoms with Crippen molar-refractivity contribution in [3.05, 3.63) is 35.0 Å². The van der Waals surface area contributed by atoms with E-state index in [4.69, 9.17) is 16.3 Å². The summed E-state index contributed by atoms with van der Waals surface area (Å²) < 4.78 is 6.50. The first-order chi connectivity index (χ1) is 10.1. The molecule has 5 nitrogen and oxygen atoms in total. The lowest BCUT2D eigenvalue weighted by molar-refractivity contribution is -0.143. The van der Waals surface area contributed by atoms with Crippen molar-refractivity contribution in [3.8, 4) is 0 Å². The van der Waals surface area contributed by atoms with Crippen LogP contribution < -0.4 is 0 Å². The first-order valence-corrected chi connectivity index (χ1v) is 7.06. The van der Waals surface area contributed by atoms with Crippen LogP contribution in [-0.2, 0) is 16.1 Å². The van der Waals surface area contributed by atoms with Crippen molar-refractivity contribution in [2.45, 2.75) is 20.4 Å². The highest BCUT2D eigenvalue weighted by atomic mass is 35.5. The Morgan fingerprint density at radius 3 is 2.90 bits per heavy atom. The van der Waals surface area contributed by atoms with E-state index in [1.165, 1.54) is 0 Å². The maximum atomic E-state index is 11.7. The van der Waals surface area contributed by atoms with Gasteiger partial charge in [0.25, 0.3) is 0 Å². The van der Waals surface area contributed by atoms with Crippen molar-refractivity contribution in [1.29, 1.82) is 0 Å². The lowest BCUT2D eigenvalue weighted by Gasteiger charge is -2.05. The van der Waals surface area contributed by atoms with Gasteiger partial charge in [0.05, 0.1) is 28.2 Å². The van der Waals surface area contributed by atoms with E-state index in [1.807, 2.05) is 31.2 Å². The van der Waals surface area contributed by atoms with E-state index >= 15 is 0 Å². The largest absolute Gasteiger partial charge is 0.465 e. The van der Waals surface area contributed by atoms with Crippen LogP contribution in [-0.4, -0.2) is 27.3 Å². The number of nitrogens with zero attached hydrogens (tertiary/aromatic N) is 3. The van der Waals surface area contributed by atoms with Crippen LogP contribution in [0.3, 0.4) is 0 Å². The second-order valence-corrected chi connectivity index (χ2v) is 5.07. The molecule has 0 unspecified atom stereocenters. The lowest BCUT2D eigenvalue weighted by Crippen LogP contribution is -2.14. The van der Waals surface area contributed by atoms with Crippen molar-refractivity contribution in [3.63, 3.8) is 0 Å². The molecule has 3 aromatic rings. The summed E-state index contributed by atoms with van der Waals surface area (Å²) >= 11 is 6.48. The van der Waals surface area contributed by atoms with Crippen LogP contribution in [0.4, 0.5) is 0 Å². The molecule has 0 aliphatic rings. The Morgan fingerprint density at radius 1 is 1.38 bits per heavy atom. The highest BCUT2D eigenvalue weighted by Crippen LogP contribution is 2.32. The molecule has 0 bridgehead atoms. The molecule has 0 saturated carbocycles. The van der Waals surface area contributed by atoms with E-state index in [0.29, 0.717) is 17.3 Å². The van der Waals surface area contributed by atoms with Crippen molar-refractivity contribution in [2.75, 3.05) is 6.61 Å². The zero-order chi connectivity index (χ0) is 15.0. The van der Waals surface area contributed by atoms with Gasteiger partial charge in [-0.2, -0.15) is 5.10 Å². The fourth-order valence-electron chi connectivity index (χ4n) is 2.38. The summed E-state index contributed by atoms with van der Waals surface area (Å²) in [6, 6.07) is 7.63. The molecular formula is C15H14ClN3O2. The predicted molar refractivity (Wildman–Crippen MR) is 81.4 cm³/mol. The number of aryl methyl sites for hydroxylation is 1. The first-order valence-electron chi connectivity index (χ1n) is 6.68. The number of benzene rings is 1. The average Bonchev–Trinajstić information content (AvgIpc) is 2.76. The van der Waals surface area contributed by atoms with Crippen LogP contribution in [0.2, 0.25) is 5.02 Å². The molecule has 108 valence electrons. The van der Waals surface area contributed by atoms with Gasteiger partial charge in [0.2, 0.25) is 0 Å². The third-order valence-electron chi connectivity index (χ3n) is 3.27. The smallest absolute Gasteiger partial charge is 0.327 e. The van der Waals surface area contributed by atoms with Crippen LogP contribution in [0.1, 0.15) is 12.6 Å². The van der Waals surface area contributed by atoms with E-state index in [0.717, 1.165) is 22.0 Å². The lowest BCUT2D eigenvalue weighted by atomic mass is 10.1. The SMILES string of the molecule is CCOC(=O)Cn1nc(C)c2c(Cl)c3ccccc3nc21. The standard InChI is InChI=1S/C15H14ClN3O2/c1-3-21-12(20)8-19-15-13(9(2)18-19)14(16)10-6-4-5-7-11(10)17-15/h4-7H,3,8H2,1-2H3. The Hall–Kier alpha value is -2.14. The fourth-order valence-corrected chi connectivity index (χ4v) is 2.77. The van der Waals surface area contributed by atoms with Crippen LogP contribution in [0.15, 0.2) is 24.3 Å². The number of para-hydroxylation sites is 1. The van der Waals surface area contributed by atoms with Gasteiger partial charge in [-0.1, -0.05) is 29.8 Å². The van der Waals surface area contributed by atoms with Crippen LogP contribution in [0.5, 0.6) is 0 Å². The molecule has 0 spiro atoms. The summed E-state index contributed by atoms with van der Waals surface area (Å²) in [5, 5.41) is 6.64. The van der Waals surface area contributed by atoms with E-state index in [1.54, 1.807) is 11.6 Å². The summed E-state index contributed by atoms with van der Waals surface area (Å²) in [5.41, 5.74) is 2.13. The van der Waals surface area contributed by atoms with E-state index in [-0.39, 0.29) is 12.5 Å². The summed E-state index contributed by atoms with van der Waals surface area (Å²) in [7, 11) is 0. The normalized spacial score (nSPS) is 11.2. The number of hydrogen-bond donors (Lipinski definition) is 0. The van der Waals surface area contributed by atoms with Crippen LogP contribution in [0, 0.1) is 6.92 Å². The molecule has 0 saturated heterocycles. The number of fused-ring (bicyclic) bond motifs is 2. The van der Waals surface area contributed by atoms with Gasteiger partial charge in [0.15, 0.2) is 5.65 Å². The molecule has 0 amide bonds. The molecule has 0 fully saturated rings. The minimum absolute atomic E-state index is 0.0276. The van der Waals surface area contributed by atoms with Crippen molar-refractivity contribution in [2.24, 2.45) is 0 Å². The maximum absolute atomic E-state index is 11.7. The minimum Gasteiger partial charge on any atom is -0.465 e. The first kappa shape index (κ1) is 13.8. The van der Waals surface area contributed by atoms with Gasteiger partial charge < -0.3 is 4.74 Å². The average molecular weight is 304 g/mol. The quantitative estimate of drug-likeness (QED) is 0.698. The Morgan fingerprint density at radius 2 is 2.14 bits per heavy atom. The van der Waals surface area contributed by atoms with Gasteiger partial charge in [0.1, 0.15) is 6.54 Å². The predicted octanol–water partition coefficient (Wildman–Crippen LogP) is 3.11. The van der Waals surface area contributed by atoms with E-state index in [2.05, 4.69) is 10.1 Å². The Balaban J connectivity index is 2.21. The molecule has 6 heteroatoms. The molecule has 21 heavy (non-hydrogen) atoms. The van der Waals surface area contributed by atoms with Crippen molar-refractivity contribution >= 4 is 39.5 Å². The van der Waals surface area contributed by atoms with Gasteiger partial charge in [-0.15, -0.1) is 0 Å². The number of carbonyl (C=O) groups excluding carboxylic acids is 1. The number of rotatable bonds is 3. The number of esters is 1. The number of ether oxygens (including phenoxy) is 1. The van der Waals surface area contributed by atoms with Crippen LogP contribution >= 0.6 is 11.6 Å². The summed E-state index contributed by atoms with van der Waals surface area (Å²) in [6.45, 7) is 3.99. The molecule has 0 atom stereocenters. The second-order valence-electron chi connectivity index (χ2n) is 4.69. The summed E-state index contributed by atoms with van der Waals surface area (Å²) in [5.74, 6) is -0.340. The molecule has 0 radical (unpaired) electrons. The Bertz CT molecular complexity index is 842. The van der Waals surface area contributed by atoms with Crippen molar-refractivity contribution in [1.82, 2.24) is 14.8 Å². The Kier molecular flexibility index (Phi) is 3.51. The van der Waals surface area contributed by atoms with Crippen LogP contribution in [0.25, 0.3) is 21.9 Å². The molecule has 2 heterocycles. The molecule has 0 N–H and O–H groups in total. The Labute approximate surface area is 126 Å². The second kappa shape index (κ2) is 5.33. The molecule has 0 aliphatic carbocycles. The third-order valence-corrected chi connectivity index (χ3v) is 3.66. The number of halogens is 1.